The lowest BCUT2D eigenvalue weighted by Gasteiger charge is -2.31. The summed E-state index contributed by atoms with van der Waals surface area (Å²) in [5, 5.41) is 11.1. The van der Waals surface area contributed by atoms with Gasteiger partial charge in [-0.3, -0.25) is 0 Å². The molecule has 2 aliphatic carbocycles. The normalized spacial score (nSPS) is 15.9. The molecule has 0 radical (unpaired) electrons. The number of rotatable bonds is 2. The molecule has 1 unspecified atom stereocenters. The van der Waals surface area contributed by atoms with Gasteiger partial charge in [-0.1, -0.05) is 158 Å². The van der Waals surface area contributed by atoms with Gasteiger partial charge in [0.25, 0.3) is 0 Å². The van der Waals surface area contributed by atoms with Gasteiger partial charge < -0.3 is 9.88 Å². The smallest absolute Gasteiger partial charge is 0.201 e. The van der Waals surface area contributed by atoms with Crippen molar-refractivity contribution >= 4 is 38.3 Å². The molecule has 12 rings (SSSR count). The Morgan fingerprint density at radius 3 is 1.81 bits per heavy atom. The average molecular weight is 662 g/mol. The number of nitrogens with zero attached hydrogens (tertiary/aromatic N) is 2. The number of nitrogens with one attached hydrogen (secondary N) is 1. The molecule has 1 aliphatic heterocycles. The summed E-state index contributed by atoms with van der Waals surface area (Å²) in [6.45, 7) is 0. The molecule has 1 N–H and O–H groups in total. The maximum absolute atomic E-state index is 5.37. The predicted molar refractivity (Wildman–Crippen MR) is 212 cm³/mol. The predicted octanol–water partition coefficient (Wildman–Crippen LogP) is 9.83. The van der Waals surface area contributed by atoms with Crippen LogP contribution in [-0.2, 0) is 5.41 Å². The highest BCUT2D eigenvalue weighted by molar-refractivity contribution is 6.22. The standard InChI is InChI=1S/C49H31N3/c1-2-14-30(15-3-1)47-37-19-7-12-24-42(37)50-48(51-47)52-43-25-13-8-20-38(43)45-34-26-27-35-33-18-6-11-23-41(33)49(46(35)36(34)28-29-44(45)52)39-21-9-4-16-31(39)32-17-5-10-22-40(32)49/h1-29,48,51H. The van der Waals surface area contributed by atoms with Crippen molar-refractivity contribution in [3.05, 3.63) is 214 Å². The van der Waals surface area contributed by atoms with Gasteiger partial charge in [0, 0.05) is 16.0 Å². The molecular weight excluding hydrogens is 631 g/mol. The highest BCUT2D eigenvalue weighted by Crippen LogP contribution is 2.64. The first-order valence-corrected chi connectivity index (χ1v) is 18.1. The first-order chi connectivity index (χ1) is 25.8. The number of benzene rings is 8. The summed E-state index contributed by atoms with van der Waals surface area (Å²) in [6.07, 6.45) is -0.330. The minimum absolute atomic E-state index is 0.330. The maximum Gasteiger partial charge on any atom is 0.201 e. The molecule has 2 heterocycles. The topological polar surface area (TPSA) is 29.3 Å². The van der Waals surface area contributed by atoms with Gasteiger partial charge in [0.15, 0.2) is 0 Å². The summed E-state index contributed by atoms with van der Waals surface area (Å²) >= 11 is 0. The Balaban J connectivity index is 1.17. The molecule has 0 saturated heterocycles. The molecule has 3 nitrogen and oxygen atoms in total. The van der Waals surface area contributed by atoms with E-state index in [2.05, 4.69) is 186 Å². The maximum atomic E-state index is 5.37. The zero-order valence-corrected chi connectivity index (χ0v) is 28.2. The molecule has 3 heteroatoms. The van der Waals surface area contributed by atoms with Crippen LogP contribution in [0.1, 0.15) is 34.1 Å². The molecule has 52 heavy (non-hydrogen) atoms. The zero-order chi connectivity index (χ0) is 34.0. The van der Waals surface area contributed by atoms with Gasteiger partial charge in [0.1, 0.15) is 0 Å². The van der Waals surface area contributed by atoms with Gasteiger partial charge in [-0.25, -0.2) is 4.99 Å². The number of fused-ring (bicyclic) bond motifs is 17. The van der Waals surface area contributed by atoms with Crippen LogP contribution in [0.15, 0.2) is 181 Å². The third-order valence-corrected chi connectivity index (χ3v) is 11.8. The van der Waals surface area contributed by atoms with Crippen LogP contribution in [-0.4, -0.2) is 4.57 Å². The van der Waals surface area contributed by atoms with Crippen molar-refractivity contribution in [2.24, 2.45) is 4.99 Å². The van der Waals surface area contributed by atoms with Crippen LogP contribution >= 0.6 is 0 Å². The second-order valence-electron chi connectivity index (χ2n) is 14.2. The molecule has 0 bridgehead atoms. The SMILES string of the molecule is c1ccc(C2=c3ccccc3=NC(n3c4ccccc4c4c5ccc6c(c5ccc43)C3(c4ccccc4-c4ccccc43)c3ccccc3-6)N2)cc1. The summed E-state index contributed by atoms with van der Waals surface area (Å²) in [4.78, 5) is 5.37. The van der Waals surface area contributed by atoms with Crippen molar-refractivity contribution in [3.8, 4) is 22.3 Å². The Hall–Kier alpha value is -6.71. The Bertz CT molecular complexity index is 3050. The van der Waals surface area contributed by atoms with E-state index >= 15 is 0 Å². The van der Waals surface area contributed by atoms with Gasteiger partial charge in [0.2, 0.25) is 6.29 Å². The van der Waals surface area contributed by atoms with Gasteiger partial charge in [-0.05, 0) is 79.0 Å². The van der Waals surface area contributed by atoms with Crippen LogP contribution in [0.3, 0.4) is 0 Å². The molecular formula is C49H31N3. The summed E-state index contributed by atoms with van der Waals surface area (Å²) in [5.41, 5.74) is 14.9. The fourth-order valence-electron chi connectivity index (χ4n) is 9.90. The van der Waals surface area contributed by atoms with Crippen molar-refractivity contribution in [1.82, 2.24) is 9.88 Å². The Morgan fingerprint density at radius 2 is 1.06 bits per heavy atom. The first-order valence-electron chi connectivity index (χ1n) is 18.1. The van der Waals surface area contributed by atoms with E-state index in [1.54, 1.807) is 0 Å². The summed E-state index contributed by atoms with van der Waals surface area (Å²) < 4.78 is 2.40. The first kappa shape index (κ1) is 28.0. The monoisotopic (exact) mass is 661 g/mol. The van der Waals surface area contributed by atoms with E-state index in [1.165, 1.54) is 71.6 Å². The summed E-state index contributed by atoms with van der Waals surface area (Å²) in [7, 11) is 0. The van der Waals surface area contributed by atoms with E-state index in [4.69, 9.17) is 4.99 Å². The molecule has 242 valence electrons. The van der Waals surface area contributed by atoms with E-state index in [9.17, 15) is 0 Å². The van der Waals surface area contributed by atoms with Crippen molar-refractivity contribution < 1.29 is 0 Å². The van der Waals surface area contributed by atoms with Gasteiger partial charge >= 0.3 is 0 Å². The van der Waals surface area contributed by atoms with E-state index < -0.39 is 5.41 Å². The molecule has 1 spiro atoms. The third-order valence-electron chi connectivity index (χ3n) is 11.8. The number of para-hydroxylation sites is 2. The fraction of sp³-hybridized carbons (Fsp3) is 0.0408. The lowest BCUT2D eigenvalue weighted by atomic mass is 9.69. The van der Waals surface area contributed by atoms with Crippen LogP contribution < -0.4 is 15.9 Å². The Kier molecular flexibility index (Phi) is 5.49. The van der Waals surface area contributed by atoms with Gasteiger partial charge in [0.05, 0.1) is 27.5 Å². The summed E-state index contributed by atoms with van der Waals surface area (Å²) in [5.74, 6) is 0. The summed E-state index contributed by atoms with van der Waals surface area (Å²) in [6, 6.07) is 64.6. The highest BCUT2D eigenvalue weighted by atomic mass is 15.3. The van der Waals surface area contributed by atoms with Crippen LogP contribution in [0.2, 0.25) is 0 Å². The molecule has 3 aliphatic rings. The van der Waals surface area contributed by atoms with Crippen LogP contribution in [0.5, 0.6) is 0 Å². The second kappa shape index (κ2) is 10.2. The van der Waals surface area contributed by atoms with Crippen molar-refractivity contribution in [2.45, 2.75) is 11.7 Å². The quantitative estimate of drug-likeness (QED) is 0.196. The molecule has 0 amide bonds. The van der Waals surface area contributed by atoms with Crippen LogP contribution in [0.25, 0.3) is 60.5 Å². The van der Waals surface area contributed by atoms with Crippen molar-refractivity contribution in [3.63, 3.8) is 0 Å². The molecule has 0 saturated carbocycles. The van der Waals surface area contributed by atoms with Crippen LogP contribution in [0, 0.1) is 0 Å². The lowest BCUT2D eigenvalue weighted by molar-refractivity contribution is 0.490. The molecule has 1 atom stereocenters. The van der Waals surface area contributed by atoms with Gasteiger partial charge in [-0.15, -0.1) is 0 Å². The Labute approximate surface area is 300 Å². The largest absolute Gasteiger partial charge is 0.345 e. The minimum Gasteiger partial charge on any atom is -0.345 e. The molecule has 8 aromatic carbocycles. The second-order valence-corrected chi connectivity index (χ2v) is 14.2. The molecule has 9 aromatic rings. The average Bonchev–Trinajstić information content (AvgIpc) is 3.83. The Morgan fingerprint density at radius 1 is 0.462 bits per heavy atom. The fourth-order valence-corrected chi connectivity index (χ4v) is 9.90. The molecule has 1 aromatic heterocycles. The lowest BCUT2D eigenvalue weighted by Crippen LogP contribution is -2.41. The number of hydrogen-bond donors (Lipinski definition) is 1. The zero-order valence-electron chi connectivity index (χ0n) is 28.2. The number of aromatic nitrogens is 1. The van der Waals surface area contributed by atoms with E-state index in [1.807, 2.05) is 0 Å². The van der Waals surface area contributed by atoms with Gasteiger partial charge in [-0.2, -0.15) is 0 Å². The van der Waals surface area contributed by atoms with Crippen LogP contribution in [0.4, 0.5) is 0 Å². The van der Waals surface area contributed by atoms with E-state index in [0.29, 0.717) is 0 Å². The van der Waals surface area contributed by atoms with Crippen molar-refractivity contribution in [2.75, 3.05) is 0 Å². The number of hydrogen-bond acceptors (Lipinski definition) is 2. The van der Waals surface area contributed by atoms with Crippen molar-refractivity contribution in [1.29, 1.82) is 0 Å². The highest BCUT2D eigenvalue weighted by Gasteiger charge is 2.52. The van der Waals surface area contributed by atoms with E-state index in [-0.39, 0.29) is 6.29 Å². The molecule has 0 fully saturated rings. The third kappa shape index (κ3) is 3.43. The minimum atomic E-state index is -0.409. The van der Waals surface area contributed by atoms with E-state index in [0.717, 1.165) is 27.4 Å².